The summed E-state index contributed by atoms with van der Waals surface area (Å²) in [5, 5.41) is 10.6. The minimum absolute atomic E-state index is 0.107. The van der Waals surface area contributed by atoms with E-state index in [1.165, 1.54) is 205 Å². The third-order valence-corrected chi connectivity index (χ3v) is 20.0. The predicted molar refractivity (Wildman–Crippen MR) is 386 cm³/mol. The van der Waals surface area contributed by atoms with Gasteiger partial charge in [-0.15, -0.1) is 0 Å². The Hall–Kier alpha value is -1.94. The summed E-state index contributed by atoms with van der Waals surface area (Å²) in [6, 6.07) is 0. The zero-order chi connectivity index (χ0) is 70.0. The molecule has 0 saturated carbocycles. The third kappa shape index (κ3) is 69.0. The van der Waals surface area contributed by atoms with Crippen LogP contribution in [-0.2, 0) is 65.4 Å². The Morgan fingerprint density at radius 2 is 0.537 bits per heavy atom. The number of phosphoric ester groups is 2. The third-order valence-electron chi connectivity index (χ3n) is 18.1. The molecule has 0 bridgehead atoms. The van der Waals surface area contributed by atoms with Crippen LogP contribution in [-0.4, -0.2) is 96.7 Å². The van der Waals surface area contributed by atoms with Crippen LogP contribution in [0.25, 0.3) is 0 Å². The molecule has 19 heteroatoms. The van der Waals surface area contributed by atoms with Gasteiger partial charge < -0.3 is 33.8 Å². The average molecular weight is 1400 g/mol. The molecule has 0 saturated heterocycles. The summed E-state index contributed by atoms with van der Waals surface area (Å²) in [5.41, 5.74) is 0. The van der Waals surface area contributed by atoms with Crippen LogP contribution >= 0.6 is 15.6 Å². The zero-order valence-electron chi connectivity index (χ0n) is 62.0. The van der Waals surface area contributed by atoms with Gasteiger partial charge in [0.25, 0.3) is 0 Å². The van der Waals surface area contributed by atoms with Crippen LogP contribution in [0.5, 0.6) is 0 Å². The van der Waals surface area contributed by atoms with Crippen molar-refractivity contribution in [3.63, 3.8) is 0 Å². The number of unbranched alkanes of at least 4 members (excludes halogenated alkanes) is 44. The normalized spacial score (nSPS) is 14.3. The van der Waals surface area contributed by atoms with Gasteiger partial charge in [0.05, 0.1) is 26.4 Å². The molecule has 3 N–H and O–H groups in total. The Morgan fingerprint density at radius 3 is 0.800 bits per heavy atom. The average Bonchev–Trinajstić information content (AvgIpc) is 2.04. The fourth-order valence-corrected chi connectivity index (χ4v) is 13.2. The first-order valence-electron chi connectivity index (χ1n) is 39.5. The SMILES string of the molecule is CCCCCCCCCCCCCCCCCCC(=O)OC[C@H](COP(=O)(O)OC[C@@H](O)COP(=O)(O)OC[C@@H](COC(=O)CCCCCCCCC(C)CC)OC(=O)CCCCCCCCCCCCCCC)OC(=O)CCCCCCCCCCCCCCCC(C)C. The molecule has 0 aromatic rings. The second-order valence-electron chi connectivity index (χ2n) is 28.1. The number of hydrogen-bond acceptors (Lipinski definition) is 15. The molecule has 0 radical (unpaired) electrons. The highest BCUT2D eigenvalue weighted by Crippen LogP contribution is 2.45. The summed E-state index contributed by atoms with van der Waals surface area (Å²) < 4.78 is 68.5. The van der Waals surface area contributed by atoms with Crippen molar-refractivity contribution in [1.29, 1.82) is 0 Å². The highest BCUT2D eigenvalue weighted by molar-refractivity contribution is 7.47. The maximum atomic E-state index is 13.1. The molecule has 0 aliphatic carbocycles. The smallest absolute Gasteiger partial charge is 0.462 e. The highest BCUT2D eigenvalue weighted by Gasteiger charge is 2.30. The molecular formula is C76H148O17P2. The number of rotatable bonds is 75. The van der Waals surface area contributed by atoms with E-state index in [0.29, 0.717) is 25.7 Å². The van der Waals surface area contributed by atoms with Crippen molar-refractivity contribution >= 4 is 39.5 Å². The molecule has 0 aromatic heterocycles. The molecule has 0 rings (SSSR count). The van der Waals surface area contributed by atoms with Crippen LogP contribution < -0.4 is 0 Å². The van der Waals surface area contributed by atoms with Gasteiger partial charge >= 0.3 is 39.5 Å². The maximum absolute atomic E-state index is 13.1. The molecule has 3 unspecified atom stereocenters. The molecule has 0 amide bonds. The molecule has 0 aliphatic rings. The van der Waals surface area contributed by atoms with E-state index in [1.807, 2.05) is 0 Å². The largest absolute Gasteiger partial charge is 0.472 e. The Bertz CT molecular complexity index is 1840. The summed E-state index contributed by atoms with van der Waals surface area (Å²) in [5.74, 6) is -0.597. The summed E-state index contributed by atoms with van der Waals surface area (Å²) in [6.07, 6.45) is 55.4. The topological polar surface area (TPSA) is 237 Å². The van der Waals surface area contributed by atoms with Crippen LogP contribution in [0, 0.1) is 11.8 Å². The Labute approximate surface area is 581 Å². The van der Waals surface area contributed by atoms with E-state index in [-0.39, 0.29) is 25.7 Å². The van der Waals surface area contributed by atoms with Crippen LogP contribution in [0.1, 0.15) is 395 Å². The number of aliphatic hydroxyl groups excluding tert-OH is 1. The zero-order valence-corrected chi connectivity index (χ0v) is 63.8. The summed E-state index contributed by atoms with van der Waals surface area (Å²) in [6.45, 7) is 9.58. The first-order chi connectivity index (χ1) is 45.9. The van der Waals surface area contributed by atoms with Gasteiger partial charge in [-0.3, -0.25) is 37.3 Å². The minimum Gasteiger partial charge on any atom is -0.462 e. The van der Waals surface area contributed by atoms with Crippen molar-refractivity contribution < 1.29 is 80.2 Å². The van der Waals surface area contributed by atoms with Crippen molar-refractivity contribution in [2.24, 2.45) is 11.8 Å². The van der Waals surface area contributed by atoms with Gasteiger partial charge in [-0.05, 0) is 37.5 Å². The lowest BCUT2D eigenvalue weighted by Crippen LogP contribution is -2.30. The number of hydrogen-bond donors (Lipinski definition) is 3. The first kappa shape index (κ1) is 93.1. The van der Waals surface area contributed by atoms with Crippen LogP contribution in [0.3, 0.4) is 0 Å². The second-order valence-corrected chi connectivity index (χ2v) is 31.0. The van der Waals surface area contributed by atoms with Gasteiger partial charge in [-0.2, -0.15) is 0 Å². The monoisotopic (exact) mass is 1400 g/mol. The molecule has 564 valence electrons. The molecule has 6 atom stereocenters. The number of carbonyl (C=O) groups is 4. The van der Waals surface area contributed by atoms with Crippen molar-refractivity contribution in [2.75, 3.05) is 39.6 Å². The van der Waals surface area contributed by atoms with Gasteiger partial charge in [0.2, 0.25) is 0 Å². The van der Waals surface area contributed by atoms with Crippen LogP contribution in [0.2, 0.25) is 0 Å². The fraction of sp³-hybridized carbons (Fsp3) is 0.947. The van der Waals surface area contributed by atoms with Gasteiger partial charge in [-0.1, -0.05) is 343 Å². The number of aliphatic hydroxyl groups is 1. The van der Waals surface area contributed by atoms with Gasteiger partial charge in [0.15, 0.2) is 12.2 Å². The van der Waals surface area contributed by atoms with Crippen molar-refractivity contribution in [3.8, 4) is 0 Å². The van der Waals surface area contributed by atoms with Crippen LogP contribution in [0.4, 0.5) is 0 Å². The van der Waals surface area contributed by atoms with Crippen molar-refractivity contribution in [1.82, 2.24) is 0 Å². The van der Waals surface area contributed by atoms with E-state index >= 15 is 0 Å². The molecule has 0 aliphatic heterocycles. The molecular weight excluding hydrogens is 1250 g/mol. The van der Waals surface area contributed by atoms with E-state index < -0.39 is 97.5 Å². The Balaban J connectivity index is 5.25. The number of esters is 4. The van der Waals surface area contributed by atoms with E-state index in [4.69, 9.17) is 37.0 Å². The van der Waals surface area contributed by atoms with E-state index in [2.05, 4.69) is 41.5 Å². The standard InChI is InChI=1S/C76H148O17P2/c1-7-10-12-14-16-18-20-22-23-24-28-31-35-39-46-52-58-73(78)86-64-71(92-75(80)61-55-49-41-37-33-29-25-27-30-34-38-44-50-56-68(4)5)66-90-94(82,83)88-62-70(77)63-89-95(84,85)91-67-72(65-87-74(79)59-53-47-43-42-45-51-57-69(6)9-3)93-76(81)60-54-48-40-36-32-26-21-19-17-15-13-11-8-2/h68-72,77H,7-67H2,1-6H3,(H,82,83)(H,84,85)/t69?,70-,71-,72-/m1/s1. The van der Waals surface area contributed by atoms with E-state index in [9.17, 15) is 43.2 Å². The first-order valence-corrected chi connectivity index (χ1v) is 42.5. The summed E-state index contributed by atoms with van der Waals surface area (Å²) in [7, 11) is -9.91. The van der Waals surface area contributed by atoms with Crippen molar-refractivity contribution in [3.05, 3.63) is 0 Å². The molecule has 0 spiro atoms. The lowest BCUT2D eigenvalue weighted by Gasteiger charge is -2.21. The molecule has 0 aromatic carbocycles. The van der Waals surface area contributed by atoms with Crippen LogP contribution in [0.15, 0.2) is 0 Å². The lowest BCUT2D eigenvalue weighted by atomic mass is 10.00. The van der Waals surface area contributed by atoms with Gasteiger partial charge in [-0.25, -0.2) is 9.13 Å². The van der Waals surface area contributed by atoms with Gasteiger partial charge in [0, 0.05) is 25.7 Å². The summed E-state index contributed by atoms with van der Waals surface area (Å²) in [4.78, 5) is 72.8. The molecule has 95 heavy (non-hydrogen) atoms. The van der Waals surface area contributed by atoms with Gasteiger partial charge in [0.1, 0.15) is 19.3 Å². The second kappa shape index (κ2) is 67.9. The van der Waals surface area contributed by atoms with E-state index in [1.54, 1.807) is 0 Å². The molecule has 0 heterocycles. The summed E-state index contributed by atoms with van der Waals surface area (Å²) >= 11 is 0. The number of phosphoric acid groups is 2. The number of ether oxygens (including phenoxy) is 4. The molecule has 0 fully saturated rings. The quantitative estimate of drug-likeness (QED) is 0.0222. The molecule has 17 nitrogen and oxygen atoms in total. The van der Waals surface area contributed by atoms with Crippen molar-refractivity contribution in [2.45, 2.75) is 413 Å². The maximum Gasteiger partial charge on any atom is 0.472 e. The number of carbonyl (C=O) groups excluding carboxylic acids is 4. The predicted octanol–water partition coefficient (Wildman–Crippen LogP) is 22.3. The van der Waals surface area contributed by atoms with E-state index in [0.717, 1.165) is 108 Å². The Morgan fingerprint density at radius 1 is 0.305 bits per heavy atom. The fourth-order valence-electron chi connectivity index (χ4n) is 11.6. The highest BCUT2D eigenvalue weighted by atomic mass is 31.2. The lowest BCUT2D eigenvalue weighted by molar-refractivity contribution is -0.161. The minimum atomic E-state index is -4.96. The Kier molecular flexibility index (Phi) is 66.5.